The molecular formula is C11H23NO2. The fourth-order valence-corrected chi connectivity index (χ4v) is 1.03. The molecule has 0 saturated heterocycles. The van der Waals surface area contributed by atoms with Crippen LogP contribution in [-0.2, 0) is 9.53 Å². The molecule has 1 atom stereocenters. The molecule has 14 heavy (non-hydrogen) atoms. The van der Waals surface area contributed by atoms with Crippen molar-refractivity contribution in [3.05, 3.63) is 0 Å². The first-order valence-electron chi connectivity index (χ1n) is 5.13. The number of rotatable bonds is 4. The number of nitrogens with one attached hydrogen (secondary N) is 1. The second-order valence-corrected chi connectivity index (χ2v) is 5.00. The first-order valence-corrected chi connectivity index (χ1v) is 5.13. The van der Waals surface area contributed by atoms with E-state index in [9.17, 15) is 4.79 Å². The molecule has 0 aromatic heterocycles. The van der Waals surface area contributed by atoms with Crippen molar-refractivity contribution >= 4 is 5.97 Å². The van der Waals surface area contributed by atoms with Crippen molar-refractivity contribution in [2.24, 2.45) is 0 Å². The van der Waals surface area contributed by atoms with Crippen LogP contribution >= 0.6 is 0 Å². The summed E-state index contributed by atoms with van der Waals surface area (Å²) in [5.41, 5.74) is -0.338. The zero-order valence-electron chi connectivity index (χ0n) is 10.2. The van der Waals surface area contributed by atoms with E-state index in [2.05, 4.69) is 26.1 Å². The third-order valence-corrected chi connectivity index (χ3v) is 2.13. The Morgan fingerprint density at radius 1 is 1.29 bits per heavy atom. The highest BCUT2D eigenvalue weighted by Gasteiger charge is 2.26. The van der Waals surface area contributed by atoms with Gasteiger partial charge in [-0.1, -0.05) is 6.92 Å². The summed E-state index contributed by atoms with van der Waals surface area (Å²) in [4.78, 5) is 10.9. The van der Waals surface area contributed by atoms with Gasteiger partial charge in [0.1, 0.15) is 5.60 Å². The monoisotopic (exact) mass is 201 g/mol. The lowest BCUT2D eigenvalue weighted by Gasteiger charge is -2.32. The normalized spacial score (nSPS) is 16.1. The highest BCUT2D eigenvalue weighted by molar-refractivity contribution is 5.66. The smallest absolute Gasteiger partial charge is 0.303 e. The molecule has 0 fully saturated rings. The lowest BCUT2D eigenvalue weighted by atomic mass is 10.0. The molecule has 0 bridgehead atoms. The van der Waals surface area contributed by atoms with E-state index in [4.69, 9.17) is 4.74 Å². The van der Waals surface area contributed by atoms with Crippen LogP contribution in [0.15, 0.2) is 0 Å². The van der Waals surface area contributed by atoms with E-state index in [1.165, 1.54) is 6.92 Å². The van der Waals surface area contributed by atoms with Crippen LogP contribution in [0.25, 0.3) is 0 Å². The largest absolute Gasteiger partial charge is 0.458 e. The number of ether oxygens (including phenoxy) is 1. The highest BCUT2D eigenvalue weighted by atomic mass is 16.6. The van der Waals surface area contributed by atoms with E-state index in [0.717, 1.165) is 6.42 Å². The Balaban J connectivity index is 4.19. The maximum Gasteiger partial charge on any atom is 0.303 e. The molecule has 0 aromatic carbocycles. The van der Waals surface area contributed by atoms with E-state index in [-0.39, 0.29) is 17.1 Å². The van der Waals surface area contributed by atoms with Gasteiger partial charge in [0.05, 0.1) is 0 Å². The number of esters is 1. The number of hydrogen-bond acceptors (Lipinski definition) is 3. The Hall–Kier alpha value is -0.570. The summed E-state index contributed by atoms with van der Waals surface area (Å²) in [7, 11) is 0. The average molecular weight is 201 g/mol. The molecule has 3 nitrogen and oxygen atoms in total. The van der Waals surface area contributed by atoms with Gasteiger partial charge in [0, 0.05) is 19.0 Å². The maximum absolute atomic E-state index is 10.9. The van der Waals surface area contributed by atoms with Crippen LogP contribution in [0.2, 0.25) is 0 Å². The van der Waals surface area contributed by atoms with Crippen LogP contribution in [-0.4, -0.2) is 23.7 Å². The van der Waals surface area contributed by atoms with Crippen LogP contribution in [0, 0.1) is 0 Å². The summed E-state index contributed by atoms with van der Waals surface area (Å²) in [6.45, 7) is 12.4. The standard InChI is InChI=1S/C11H23NO2/c1-7-11(6,14-9(2)13)8-12-10(3,4)5/h12H,7-8H2,1-6H3. The molecule has 0 amide bonds. The van der Waals surface area contributed by atoms with Crippen molar-refractivity contribution in [2.45, 2.75) is 59.1 Å². The van der Waals surface area contributed by atoms with Crippen LogP contribution < -0.4 is 5.32 Å². The minimum absolute atomic E-state index is 0.0522. The molecular weight excluding hydrogens is 178 g/mol. The van der Waals surface area contributed by atoms with Crippen molar-refractivity contribution in [1.29, 1.82) is 0 Å². The quantitative estimate of drug-likeness (QED) is 0.708. The first kappa shape index (κ1) is 13.4. The second-order valence-electron chi connectivity index (χ2n) is 5.00. The average Bonchev–Trinajstić information content (AvgIpc) is 1.99. The minimum Gasteiger partial charge on any atom is -0.458 e. The lowest BCUT2D eigenvalue weighted by Crippen LogP contribution is -2.47. The van der Waals surface area contributed by atoms with Crippen LogP contribution in [0.5, 0.6) is 0 Å². The molecule has 84 valence electrons. The first-order chi connectivity index (χ1) is 6.18. The molecule has 3 heteroatoms. The van der Waals surface area contributed by atoms with Crippen molar-refractivity contribution in [3.8, 4) is 0 Å². The van der Waals surface area contributed by atoms with Gasteiger partial charge in [0.2, 0.25) is 0 Å². The minimum atomic E-state index is -0.390. The highest BCUT2D eigenvalue weighted by Crippen LogP contribution is 2.15. The van der Waals surface area contributed by atoms with Crippen LogP contribution in [0.4, 0.5) is 0 Å². The number of hydrogen-bond donors (Lipinski definition) is 1. The topological polar surface area (TPSA) is 38.3 Å². The van der Waals surface area contributed by atoms with E-state index >= 15 is 0 Å². The van der Waals surface area contributed by atoms with Gasteiger partial charge in [-0.2, -0.15) is 0 Å². The van der Waals surface area contributed by atoms with Gasteiger partial charge in [0.25, 0.3) is 0 Å². The molecule has 0 radical (unpaired) electrons. The third-order valence-electron chi connectivity index (χ3n) is 2.13. The number of carbonyl (C=O) groups excluding carboxylic acids is 1. The molecule has 0 aliphatic rings. The van der Waals surface area contributed by atoms with Gasteiger partial charge in [-0.25, -0.2) is 0 Å². The fraction of sp³-hybridized carbons (Fsp3) is 0.909. The number of carbonyl (C=O) groups is 1. The van der Waals surface area contributed by atoms with Gasteiger partial charge in [-0.3, -0.25) is 4.79 Å². The summed E-state index contributed by atoms with van der Waals surface area (Å²) < 4.78 is 5.28. The second kappa shape index (κ2) is 4.78. The molecule has 0 aliphatic heterocycles. The Bertz CT molecular complexity index is 196. The van der Waals surface area contributed by atoms with E-state index in [0.29, 0.717) is 6.54 Å². The molecule has 0 saturated carbocycles. The molecule has 0 heterocycles. The van der Waals surface area contributed by atoms with Crippen LogP contribution in [0.3, 0.4) is 0 Å². The van der Waals surface area contributed by atoms with E-state index in [1.54, 1.807) is 0 Å². The molecule has 0 aliphatic carbocycles. The Morgan fingerprint density at radius 3 is 2.07 bits per heavy atom. The van der Waals surface area contributed by atoms with Gasteiger partial charge >= 0.3 is 5.97 Å². The summed E-state index contributed by atoms with van der Waals surface area (Å²) in [5, 5.41) is 3.34. The van der Waals surface area contributed by atoms with Crippen molar-refractivity contribution in [3.63, 3.8) is 0 Å². The Kier molecular flexibility index (Phi) is 4.59. The van der Waals surface area contributed by atoms with Crippen molar-refractivity contribution in [1.82, 2.24) is 5.32 Å². The summed E-state index contributed by atoms with van der Waals surface area (Å²) in [6, 6.07) is 0. The van der Waals surface area contributed by atoms with E-state index in [1.807, 2.05) is 13.8 Å². The lowest BCUT2D eigenvalue weighted by molar-refractivity contribution is -0.155. The zero-order chi connectivity index (χ0) is 11.4. The third kappa shape index (κ3) is 5.97. The van der Waals surface area contributed by atoms with Gasteiger partial charge < -0.3 is 10.1 Å². The van der Waals surface area contributed by atoms with Gasteiger partial charge in [-0.05, 0) is 34.1 Å². The summed E-state index contributed by atoms with van der Waals surface area (Å²) in [5.74, 6) is -0.218. The summed E-state index contributed by atoms with van der Waals surface area (Å²) in [6.07, 6.45) is 0.815. The Morgan fingerprint density at radius 2 is 1.79 bits per heavy atom. The van der Waals surface area contributed by atoms with Crippen molar-refractivity contribution in [2.75, 3.05) is 6.54 Å². The Labute approximate surface area is 87.2 Å². The molecule has 0 rings (SSSR count). The molecule has 1 N–H and O–H groups in total. The van der Waals surface area contributed by atoms with Gasteiger partial charge in [-0.15, -0.1) is 0 Å². The molecule has 0 aromatic rings. The predicted octanol–water partition coefficient (Wildman–Crippen LogP) is 2.11. The van der Waals surface area contributed by atoms with E-state index < -0.39 is 0 Å². The van der Waals surface area contributed by atoms with Crippen LogP contribution in [0.1, 0.15) is 48.0 Å². The predicted molar refractivity (Wildman–Crippen MR) is 58.2 cm³/mol. The zero-order valence-corrected chi connectivity index (χ0v) is 10.2. The summed E-state index contributed by atoms with van der Waals surface area (Å²) >= 11 is 0. The molecule has 1 unspecified atom stereocenters. The maximum atomic E-state index is 10.9. The molecule has 0 spiro atoms. The van der Waals surface area contributed by atoms with Gasteiger partial charge in [0.15, 0.2) is 0 Å². The van der Waals surface area contributed by atoms with Crippen molar-refractivity contribution < 1.29 is 9.53 Å². The SMILES string of the molecule is CCC(C)(CNC(C)(C)C)OC(C)=O. The fourth-order valence-electron chi connectivity index (χ4n) is 1.03.